The molecule has 2 heterocycles. The molecule has 2 rings (SSSR count). The van der Waals surface area contributed by atoms with Gasteiger partial charge in [-0.3, -0.25) is 0 Å². The molecule has 0 unspecified atom stereocenters. The predicted molar refractivity (Wildman–Crippen MR) is 68.7 cm³/mol. The Labute approximate surface area is 98.9 Å². The molecule has 0 fully saturated rings. The van der Waals surface area contributed by atoms with Crippen molar-refractivity contribution in [2.75, 3.05) is 11.9 Å². The normalized spacial score (nSPS) is 10.2. The van der Waals surface area contributed by atoms with E-state index in [2.05, 4.69) is 33.5 Å². The van der Waals surface area contributed by atoms with E-state index in [1.807, 2.05) is 0 Å². The van der Waals surface area contributed by atoms with Gasteiger partial charge < -0.3 is 5.32 Å². The molecule has 0 aliphatic carbocycles. The summed E-state index contributed by atoms with van der Waals surface area (Å²) < 4.78 is 1.13. The minimum atomic E-state index is 0.796. The van der Waals surface area contributed by atoms with Gasteiger partial charge in [-0.05, 0) is 24.3 Å². The summed E-state index contributed by atoms with van der Waals surface area (Å²) in [6.07, 6.45) is 8.56. The van der Waals surface area contributed by atoms with Gasteiger partial charge in [-0.2, -0.15) is 0 Å². The Hall–Kier alpha value is -1.60. The van der Waals surface area contributed by atoms with Crippen LogP contribution in [0.4, 0.5) is 5.82 Å². The summed E-state index contributed by atoms with van der Waals surface area (Å²) in [5, 5.41) is 5.40. The molecule has 0 aliphatic heterocycles. The van der Waals surface area contributed by atoms with E-state index in [-0.39, 0.29) is 0 Å². The summed E-state index contributed by atoms with van der Waals surface area (Å²) in [6, 6.07) is 0. The third kappa shape index (κ3) is 2.15. The first-order valence-corrected chi connectivity index (χ1v) is 6.07. The van der Waals surface area contributed by atoms with Crippen LogP contribution in [0.5, 0.6) is 0 Å². The Morgan fingerprint density at radius 2 is 2.38 bits per heavy atom. The largest absolute Gasteiger partial charge is 0.369 e. The number of hydrogen-bond acceptors (Lipinski definition) is 4. The Kier molecular flexibility index (Phi) is 3.37. The summed E-state index contributed by atoms with van der Waals surface area (Å²) in [6.45, 7) is 2.92. The smallest absolute Gasteiger partial charge is 0.147 e. The van der Waals surface area contributed by atoms with Gasteiger partial charge in [0.2, 0.25) is 0 Å². The molecule has 2 aromatic rings. The highest BCUT2D eigenvalue weighted by Crippen LogP contribution is 2.28. The zero-order chi connectivity index (χ0) is 11.4. The van der Waals surface area contributed by atoms with Crippen LogP contribution in [-0.2, 0) is 0 Å². The molecule has 0 radical (unpaired) electrons. The van der Waals surface area contributed by atoms with Crippen molar-refractivity contribution in [1.82, 2.24) is 9.97 Å². The third-order valence-electron chi connectivity index (χ3n) is 2.32. The summed E-state index contributed by atoms with van der Waals surface area (Å²) >= 11 is 1.68. The van der Waals surface area contributed by atoms with Gasteiger partial charge in [-0.15, -0.1) is 23.7 Å². The summed E-state index contributed by atoms with van der Waals surface area (Å²) in [5.74, 6) is 3.54. The highest BCUT2D eigenvalue weighted by Gasteiger charge is 2.06. The summed E-state index contributed by atoms with van der Waals surface area (Å²) in [4.78, 5) is 8.53. The lowest BCUT2D eigenvalue weighted by Gasteiger charge is -2.04. The number of terminal acetylenes is 1. The maximum atomic E-state index is 5.20. The zero-order valence-electron chi connectivity index (χ0n) is 9.16. The van der Waals surface area contributed by atoms with Gasteiger partial charge in [0.15, 0.2) is 0 Å². The maximum absolute atomic E-state index is 5.20. The van der Waals surface area contributed by atoms with Crippen LogP contribution in [0.1, 0.15) is 18.4 Å². The molecule has 0 aliphatic rings. The monoisotopic (exact) mass is 231 g/mol. The number of fused-ring (bicyclic) bond motifs is 1. The molecular weight excluding hydrogens is 218 g/mol. The van der Waals surface area contributed by atoms with Gasteiger partial charge >= 0.3 is 0 Å². The van der Waals surface area contributed by atoms with Crippen molar-refractivity contribution in [3.8, 4) is 12.3 Å². The van der Waals surface area contributed by atoms with E-state index in [0.717, 1.165) is 35.4 Å². The van der Waals surface area contributed by atoms with Crippen LogP contribution in [0.25, 0.3) is 10.2 Å². The molecule has 0 atom stereocenters. The van der Waals surface area contributed by atoms with Crippen LogP contribution in [0.3, 0.4) is 0 Å². The Balaban J connectivity index is 2.15. The molecule has 2 aromatic heterocycles. The average Bonchev–Trinajstić information content (AvgIpc) is 2.68. The molecule has 0 spiro atoms. The van der Waals surface area contributed by atoms with E-state index >= 15 is 0 Å². The second-order valence-electron chi connectivity index (χ2n) is 3.55. The Bertz CT molecular complexity index is 525. The van der Waals surface area contributed by atoms with E-state index in [1.165, 1.54) is 5.56 Å². The topological polar surface area (TPSA) is 37.8 Å². The lowest BCUT2D eigenvalue weighted by Crippen LogP contribution is -2.03. The lowest BCUT2D eigenvalue weighted by atomic mass is 10.3. The molecule has 0 saturated carbocycles. The average molecular weight is 231 g/mol. The molecule has 3 nitrogen and oxygen atoms in total. The van der Waals surface area contributed by atoms with Crippen LogP contribution < -0.4 is 5.32 Å². The highest BCUT2D eigenvalue weighted by atomic mass is 32.1. The fourth-order valence-electron chi connectivity index (χ4n) is 1.49. The van der Waals surface area contributed by atoms with E-state index in [1.54, 1.807) is 17.7 Å². The van der Waals surface area contributed by atoms with E-state index in [0.29, 0.717) is 0 Å². The van der Waals surface area contributed by atoms with E-state index in [4.69, 9.17) is 6.42 Å². The minimum absolute atomic E-state index is 0.796. The van der Waals surface area contributed by atoms with Crippen molar-refractivity contribution < 1.29 is 0 Å². The molecule has 82 valence electrons. The van der Waals surface area contributed by atoms with Gasteiger partial charge in [0, 0.05) is 13.0 Å². The number of anilines is 1. The maximum Gasteiger partial charge on any atom is 0.147 e. The number of aryl methyl sites for hydroxylation is 1. The van der Waals surface area contributed by atoms with E-state index < -0.39 is 0 Å². The molecule has 0 bridgehead atoms. The summed E-state index contributed by atoms with van der Waals surface area (Å²) in [7, 11) is 0. The van der Waals surface area contributed by atoms with Crippen molar-refractivity contribution in [3.05, 3.63) is 17.3 Å². The van der Waals surface area contributed by atoms with Gasteiger partial charge in [-0.25, -0.2) is 9.97 Å². The van der Waals surface area contributed by atoms with Gasteiger partial charge in [-0.1, -0.05) is 0 Å². The lowest BCUT2D eigenvalue weighted by molar-refractivity contribution is 0.902. The molecule has 0 amide bonds. The van der Waals surface area contributed by atoms with Gasteiger partial charge in [0.05, 0.1) is 10.2 Å². The molecule has 1 N–H and O–H groups in total. The van der Waals surface area contributed by atoms with Crippen LogP contribution in [-0.4, -0.2) is 16.5 Å². The van der Waals surface area contributed by atoms with Crippen molar-refractivity contribution in [3.63, 3.8) is 0 Å². The number of nitrogens with one attached hydrogen (secondary N) is 1. The van der Waals surface area contributed by atoms with Crippen molar-refractivity contribution in [1.29, 1.82) is 0 Å². The SMILES string of the molecule is C#CCCCNc1ncnc2c(C)csc12. The third-order valence-corrected chi connectivity index (χ3v) is 3.42. The molecule has 0 saturated heterocycles. The van der Waals surface area contributed by atoms with Crippen molar-refractivity contribution >= 4 is 27.4 Å². The zero-order valence-corrected chi connectivity index (χ0v) is 9.97. The molecular formula is C12H13N3S. The number of hydrogen-bond donors (Lipinski definition) is 1. The first kappa shape index (κ1) is 10.9. The minimum Gasteiger partial charge on any atom is -0.369 e. The fraction of sp³-hybridized carbons (Fsp3) is 0.333. The quantitative estimate of drug-likeness (QED) is 0.649. The standard InChI is InChI=1S/C12H13N3S/c1-3-4-5-6-13-12-11-10(14-8-15-12)9(2)7-16-11/h1,7-8H,4-6H2,2H3,(H,13,14,15). The van der Waals surface area contributed by atoms with Gasteiger partial charge in [0.25, 0.3) is 0 Å². The summed E-state index contributed by atoms with van der Waals surface area (Å²) in [5.41, 5.74) is 2.24. The number of aromatic nitrogens is 2. The first-order valence-electron chi connectivity index (χ1n) is 5.19. The van der Waals surface area contributed by atoms with Crippen LogP contribution >= 0.6 is 11.3 Å². The van der Waals surface area contributed by atoms with Crippen molar-refractivity contribution in [2.24, 2.45) is 0 Å². The predicted octanol–water partition coefficient (Wildman–Crippen LogP) is 2.83. The Morgan fingerprint density at radius 1 is 1.50 bits per heavy atom. The second-order valence-corrected chi connectivity index (χ2v) is 4.43. The van der Waals surface area contributed by atoms with Crippen molar-refractivity contribution in [2.45, 2.75) is 19.8 Å². The fourth-order valence-corrected chi connectivity index (χ4v) is 2.46. The van der Waals surface area contributed by atoms with Crippen LogP contribution in [0, 0.1) is 19.3 Å². The first-order chi connectivity index (χ1) is 7.83. The number of unbranched alkanes of at least 4 members (excludes halogenated alkanes) is 1. The number of nitrogens with zero attached hydrogens (tertiary/aromatic N) is 2. The van der Waals surface area contributed by atoms with E-state index in [9.17, 15) is 0 Å². The molecule has 0 aromatic carbocycles. The molecule has 4 heteroatoms. The van der Waals surface area contributed by atoms with Crippen LogP contribution in [0.2, 0.25) is 0 Å². The molecule has 16 heavy (non-hydrogen) atoms. The van der Waals surface area contributed by atoms with Crippen LogP contribution in [0.15, 0.2) is 11.7 Å². The number of rotatable bonds is 4. The highest BCUT2D eigenvalue weighted by molar-refractivity contribution is 7.18. The van der Waals surface area contributed by atoms with Gasteiger partial charge in [0.1, 0.15) is 12.1 Å². The second kappa shape index (κ2) is 4.95. The Morgan fingerprint density at radius 3 is 3.19 bits per heavy atom. The number of thiophene rings is 1.